The van der Waals surface area contributed by atoms with Gasteiger partial charge >= 0.3 is 0 Å². The average Bonchev–Trinajstić information content (AvgIpc) is 3.39. The van der Waals surface area contributed by atoms with Gasteiger partial charge in [-0.2, -0.15) is 0 Å². The maximum Gasteiger partial charge on any atom is 0.194 e. The quantitative estimate of drug-likeness (QED) is 0.296. The summed E-state index contributed by atoms with van der Waals surface area (Å²) < 4.78 is 1.98. The molecule has 3 aromatic heterocycles. The lowest BCUT2D eigenvalue weighted by Crippen LogP contribution is -2.39. The van der Waals surface area contributed by atoms with Crippen LogP contribution in [0.25, 0.3) is 0 Å². The number of thiophene rings is 2. The maximum atomic E-state index is 4.78. The van der Waals surface area contributed by atoms with E-state index in [4.69, 9.17) is 4.99 Å². The summed E-state index contributed by atoms with van der Waals surface area (Å²) in [6.07, 6.45) is 1.01. The number of likely N-dealkylation sites (N-methyl/N-ethyl adjacent to an activating group) is 1. The van der Waals surface area contributed by atoms with Crippen LogP contribution in [-0.2, 0) is 26.6 Å². The standard InChI is InChI=1S/C18H24N6S2.HI/c1-14-21-22-17(24(14)3)13-20-18(19-12-16-7-5-11-26-16)23(2)9-8-15-6-4-10-25-15;/h4-7,10-11H,8-9,12-13H2,1-3H3,(H,19,20);1H. The number of nitrogens with one attached hydrogen (secondary N) is 1. The van der Waals surface area contributed by atoms with Crippen molar-refractivity contribution in [1.82, 2.24) is 25.0 Å². The van der Waals surface area contributed by atoms with Crippen molar-refractivity contribution in [2.75, 3.05) is 13.6 Å². The molecule has 0 unspecified atom stereocenters. The van der Waals surface area contributed by atoms with Crippen molar-refractivity contribution >= 4 is 52.6 Å². The first kappa shape index (κ1) is 21.8. The van der Waals surface area contributed by atoms with Gasteiger partial charge in [-0.1, -0.05) is 12.1 Å². The number of hydrogen-bond donors (Lipinski definition) is 1. The van der Waals surface area contributed by atoms with E-state index in [1.54, 1.807) is 22.7 Å². The molecule has 146 valence electrons. The highest BCUT2D eigenvalue weighted by atomic mass is 127. The van der Waals surface area contributed by atoms with Crippen LogP contribution in [0.5, 0.6) is 0 Å². The van der Waals surface area contributed by atoms with Crippen molar-refractivity contribution in [3.05, 3.63) is 56.4 Å². The summed E-state index contributed by atoms with van der Waals surface area (Å²) in [6, 6.07) is 8.48. The largest absolute Gasteiger partial charge is 0.351 e. The third-order valence-corrected chi connectivity index (χ3v) is 6.00. The molecule has 0 saturated heterocycles. The van der Waals surface area contributed by atoms with Crippen molar-refractivity contribution in [3.8, 4) is 0 Å². The molecule has 0 fully saturated rings. The summed E-state index contributed by atoms with van der Waals surface area (Å²) in [5, 5.41) is 16.0. The van der Waals surface area contributed by atoms with Crippen LogP contribution in [0.2, 0.25) is 0 Å². The van der Waals surface area contributed by atoms with Crippen molar-refractivity contribution < 1.29 is 0 Å². The number of aryl methyl sites for hydroxylation is 1. The fraction of sp³-hybridized carbons (Fsp3) is 0.389. The Morgan fingerprint density at radius 3 is 2.48 bits per heavy atom. The smallest absolute Gasteiger partial charge is 0.194 e. The summed E-state index contributed by atoms with van der Waals surface area (Å²) in [5.74, 6) is 2.65. The Hall–Kier alpha value is -1.46. The van der Waals surface area contributed by atoms with Crippen LogP contribution in [0.15, 0.2) is 40.0 Å². The first-order chi connectivity index (χ1) is 12.6. The molecule has 0 amide bonds. The Bertz CT molecular complexity index is 826. The second-order valence-corrected chi connectivity index (χ2v) is 8.11. The molecule has 9 heteroatoms. The summed E-state index contributed by atoms with van der Waals surface area (Å²) in [6.45, 7) is 4.14. The fourth-order valence-corrected chi connectivity index (χ4v) is 3.81. The molecule has 3 rings (SSSR count). The lowest BCUT2D eigenvalue weighted by Gasteiger charge is -2.22. The average molecular weight is 516 g/mol. The summed E-state index contributed by atoms with van der Waals surface area (Å²) in [5.41, 5.74) is 0. The minimum absolute atomic E-state index is 0. The van der Waals surface area contributed by atoms with E-state index in [0.29, 0.717) is 6.54 Å². The number of halogens is 1. The number of aromatic nitrogens is 3. The molecule has 0 aliphatic heterocycles. The Kier molecular flexibility index (Phi) is 8.71. The van der Waals surface area contributed by atoms with Crippen molar-refractivity contribution in [2.24, 2.45) is 12.0 Å². The maximum absolute atomic E-state index is 4.78. The molecule has 1 N–H and O–H groups in total. The van der Waals surface area contributed by atoms with Gasteiger partial charge in [0.05, 0.1) is 6.54 Å². The Morgan fingerprint density at radius 1 is 1.19 bits per heavy atom. The molecular weight excluding hydrogens is 491 g/mol. The highest BCUT2D eigenvalue weighted by Crippen LogP contribution is 2.11. The van der Waals surface area contributed by atoms with Crippen molar-refractivity contribution in [1.29, 1.82) is 0 Å². The van der Waals surface area contributed by atoms with E-state index in [1.807, 2.05) is 18.5 Å². The predicted octanol–water partition coefficient (Wildman–Crippen LogP) is 3.68. The molecule has 0 spiro atoms. The number of hydrogen-bond acceptors (Lipinski definition) is 5. The Morgan fingerprint density at radius 2 is 1.89 bits per heavy atom. The van der Waals surface area contributed by atoms with Gasteiger partial charge in [0, 0.05) is 30.4 Å². The van der Waals surface area contributed by atoms with Gasteiger partial charge in [0.15, 0.2) is 11.8 Å². The van der Waals surface area contributed by atoms with E-state index in [0.717, 1.165) is 37.1 Å². The van der Waals surface area contributed by atoms with E-state index in [9.17, 15) is 0 Å². The molecule has 27 heavy (non-hydrogen) atoms. The van der Waals surface area contributed by atoms with E-state index in [-0.39, 0.29) is 24.0 Å². The highest BCUT2D eigenvalue weighted by Gasteiger charge is 2.10. The predicted molar refractivity (Wildman–Crippen MR) is 124 cm³/mol. The van der Waals surface area contributed by atoms with Crippen LogP contribution in [0.4, 0.5) is 0 Å². The zero-order valence-electron chi connectivity index (χ0n) is 15.8. The van der Waals surface area contributed by atoms with Gasteiger partial charge in [-0.3, -0.25) is 0 Å². The van der Waals surface area contributed by atoms with E-state index >= 15 is 0 Å². The van der Waals surface area contributed by atoms with Gasteiger partial charge in [-0.25, -0.2) is 4.99 Å². The number of nitrogens with zero attached hydrogens (tertiary/aromatic N) is 5. The normalized spacial score (nSPS) is 11.3. The Labute approximate surface area is 185 Å². The van der Waals surface area contributed by atoms with E-state index in [1.165, 1.54) is 9.75 Å². The third kappa shape index (κ3) is 6.28. The van der Waals surface area contributed by atoms with E-state index in [2.05, 4.69) is 62.5 Å². The summed E-state index contributed by atoms with van der Waals surface area (Å²) in [7, 11) is 4.05. The van der Waals surface area contributed by atoms with Crippen LogP contribution < -0.4 is 5.32 Å². The zero-order valence-corrected chi connectivity index (χ0v) is 19.7. The topological polar surface area (TPSA) is 58.3 Å². The third-order valence-electron chi connectivity index (χ3n) is 4.19. The lowest BCUT2D eigenvalue weighted by molar-refractivity contribution is 0.484. The van der Waals surface area contributed by atoms with Crippen LogP contribution >= 0.6 is 46.7 Å². The van der Waals surface area contributed by atoms with Gasteiger partial charge in [0.25, 0.3) is 0 Å². The molecule has 0 radical (unpaired) electrons. The monoisotopic (exact) mass is 516 g/mol. The molecule has 0 aliphatic rings. The molecule has 3 aromatic rings. The van der Waals surface area contributed by atoms with Gasteiger partial charge in [-0.15, -0.1) is 56.8 Å². The molecule has 0 saturated carbocycles. The van der Waals surface area contributed by atoms with Crippen LogP contribution in [0, 0.1) is 6.92 Å². The highest BCUT2D eigenvalue weighted by molar-refractivity contribution is 14.0. The minimum atomic E-state index is 0. The molecule has 0 aliphatic carbocycles. The molecule has 0 aromatic carbocycles. The lowest BCUT2D eigenvalue weighted by atomic mass is 10.3. The van der Waals surface area contributed by atoms with Crippen LogP contribution in [0.3, 0.4) is 0 Å². The van der Waals surface area contributed by atoms with Gasteiger partial charge in [0.1, 0.15) is 12.4 Å². The summed E-state index contributed by atoms with van der Waals surface area (Å²) in [4.78, 5) is 9.64. The number of aliphatic imine (C=N–C) groups is 1. The van der Waals surface area contributed by atoms with Gasteiger partial charge in [-0.05, 0) is 36.2 Å². The van der Waals surface area contributed by atoms with Crippen LogP contribution in [0.1, 0.15) is 21.4 Å². The molecule has 0 bridgehead atoms. The summed E-state index contributed by atoms with van der Waals surface area (Å²) >= 11 is 3.54. The number of rotatable bonds is 7. The van der Waals surface area contributed by atoms with Gasteiger partial charge < -0.3 is 14.8 Å². The zero-order chi connectivity index (χ0) is 18.4. The fourth-order valence-electron chi connectivity index (χ4n) is 2.46. The van der Waals surface area contributed by atoms with Crippen LogP contribution in [-0.4, -0.2) is 39.2 Å². The first-order valence-electron chi connectivity index (χ1n) is 8.52. The second kappa shape index (κ2) is 10.8. The molecule has 3 heterocycles. The van der Waals surface area contributed by atoms with Crippen molar-refractivity contribution in [2.45, 2.75) is 26.4 Å². The van der Waals surface area contributed by atoms with Gasteiger partial charge in [0.2, 0.25) is 0 Å². The SMILES string of the molecule is Cc1nnc(CN=C(NCc2cccs2)N(C)CCc2cccs2)n1C.I. The molecule has 6 nitrogen and oxygen atoms in total. The minimum Gasteiger partial charge on any atom is -0.351 e. The van der Waals surface area contributed by atoms with Crippen molar-refractivity contribution in [3.63, 3.8) is 0 Å². The Balaban J connectivity index is 0.00000261. The van der Waals surface area contributed by atoms with E-state index < -0.39 is 0 Å². The molecule has 0 atom stereocenters. The second-order valence-electron chi connectivity index (χ2n) is 6.05. The molecular formula is C18H25IN6S2. The number of guanidine groups is 1. The first-order valence-corrected chi connectivity index (χ1v) is 10.3.